The molecule has 284 valence electrons. The van der Waals surface area contributed by atoms with Gasteiger partial charge in [0.25, 0.3) is 0 Å². The molecule has 0 fully saturated rings. The molecule has 0 atom stereocenters. The lowest BCUT2D eigenvalue weighted by atomic mass is 9.73. The molecule has 0 N–H and O–H groups in total. The van der Waals surface area contributed by atoms with Crippen molar-refractivity contribution in [1.82, 2.24) is 0 Å². The van der Waals surface area contributed by atoms with Crippen molar-refractivity contribution in [2.24, 2.45) is 0 Å². The lowest BCUT2D eigenvalue weighted by molar-refractivity contribution is -0.288. The van der Waals surface area contributed by atoms with Gasteiger partial charge in [0.15, 0.2) is 0 Å². The van der Waals surface area contributed by atoms with Gasteiger partial charge < -0.3 is 9.47 Å². The van der Waals surface area contributed by atoms with Crippen LogP contribution in [0.4, 0.5) is 35.1 Å². The van der Waals surface area contributed by atoms with E-state index in [2.05, 4.69) is 0 Å². The summed E-state index contributed by atoms with van der Waals surface area (Å²) in [6, 6.07) is 23.9. The molecule has 0 saturated heterocycles. The van der Waals surface area contributed by atoms with Crippen molar-refractivity contribution in [3.63, 3.8) is 0 Å². The van der Waals surface area contributed by atoms with Crippen LogP contribution in [0, 0.1) is 11.6 Å². The van der Waals surface area contributed by atoms with E-state index in [0.29, 0.717) is 24.3 Å². The Morgan fingerprint density at radius 3 is 0.800 bits per heavy atom. The Morgan fingerprint density at radius 1 is 0.345 bits per heavy atom. The van der Waals surface area contributed by atoms with Gasteiger partial charge in [-0.2, -0.15) is 26.3 Å². The summed E-state index contributed by atoms with van der Waals surface area (Å²) in [7, 11) is -8.06. The summed E-state index contributed by atoms with van der Waals surface area (Å²) in [5.74, 6) is -1.55. The third-order valence-corrected chi connectivity index (χ3v) is 12.0. The van der Waals surface area contributed by atoms with Crippen LogP contribution in [0.5, 0.6) is 23.0 Å². The van der Waals surface area contributed by atoms with Crippen LogP contribution < -0.4 is 9.47 Å². The Morgan fingerprint density at radius 2 is 0.564 bits per heavy atom. The average molecular weight is 805 g/mol. The van der Waals surface area contributed by atoms with Crippen LogP contribution in [0.1, 0.15) is 11.1 Å². The van der Waals surface area contributed by atoms with E-state index < -0.39 is 60.2 Å². The highest BCUT2D eigenvalue weighted by molar-refractivity contribution is 7.91. The maximum Gasteiger partial charge on any atom is 0.411 e. The Bertz CT molecular complexity index is 2320. The first-order valence-electron chi connectivity index (χ1n) is 15.7. The molecule has 6 aromatic rings. The van der Waals surface area contributed by atoms with Crippen molar-refractivity contribution >= 4 is 19.7 Å². The van der Waals surface area contributed by atoms with E-state index in [4.69, 9.17) is 9.47 Å². The average Bonchev–Trinajstić information content (AvgIpc) is 3.13. The lowest BCUT2D eigenvalue weighted by Crippen LogP contribution is -2.54. The topological polar surface area (TPSA) is 86.7 Å². The van der Waals surface area contributed by atoms with Crippen LogP contribution in [-0.4, -0.2) is 29.2 Å². The lowest BCUT2D eigenvalue weighted by Gasteiger charge is -2.38. The molecule has 0 radical (unpaired) electrons. The maximum absolute atomic E-state index is 14.8. The number of halogens is 8. The van der Waals surface area contributed by atoms with E-state index in [1.807, 2.05) is 0 Å². The summed E-state index contributed by atoms with van der Waals surface area (Å²) in [6.45, 7) is 0. The molecule has 0 amide bonds. The first-order chi connectivity index (χ1) is 25.8. The normalized spacial score (nSPS) is 12.7. The molecular weight excluding hydrogens is 781 g/mol. The van der Waals surface area contributed by atoms with Gasteiger partial charge in [-0.15, -0.1) is 0 Å². The van der Waals surface area contributed by atoms with Gasteiger partial charge in [0.1, 0.15) is 34.6 Å². The zero-order valence-corrected chi connectivity index (χ0v) is 29.3. The van der Waals surface area contributed by atoms with Crippen molar-refractivity contribution in [3.05, 3.63) is 168 Å². The fraction of sp³-hybridized carbons (Fsp3) is 0.0769. The third-order valence-electron chi connectivity index (χ3n) is 8.41. The van der Waals surface area contributed by atoms with E-state index in [9.17, 15) is 52.0 Å². The zero-order valence-electron chi connectivity index (χ0n) is 27.6. The smallest absolute Gasteiger partial charge is 0.411 e. The Labute approximate surface area is 309 Å². The van der Waals surface area contributed by atoms with Gasteiger partial charge >= 0.3 is 12.4 Å². The van der Waals surface area contributed by atoms with E-state index in [0.717, 1.165) is 72.8 Å². The molecule has 0 heterocycles. The number of hydrogen-bond donors (Lipinski definition) is 0. The van der Waals surface area contributed by atoms with E-state index in [1.165, 1.54) is 48.5 Å². The van der Waals surface area contributed by atoms with Crippen LogP contribution in [0.2, 0.25) is 0 Å². The number of ether oxygens (including phenoxy) is 2. The second-order valence-corrected chi connectivity index (χ2v) is 15.8. The summed E-state index contributed by atoms with van der Waals surface area (Å²) in [4.78, 5) is -0.706. The monoisotopic (exact) mass is 804 g/mol. The largest absolute Gasteiger partial charge is 0.457 e. The second kappa shape index (κ2) is 14.5. The fourth-order valence-electron chi connectivity index (χ4n) is 5.67. The molecular formula is C39H24F8O6S2. The van der Waals surface area contributed by atoms with Gasteiger partial charge in [-0.3, -0.25) is 0 Å². The van der Waals surface area contributed by atoms with E-state index >= 15 is 0 Å². The molecule has 0 saturated carbocycles. The summed E-state index contributed by atoms with van der Waals surface area (Å²) >= 11 is 0. The number of benzene rings is 6. The van der Waals surface area contributed by atoms with Gasteiger partial charge in [-0.1, -0.05) is 24.3 Å². The molecule has 0 unspecified atom stereocenters. The number of alkyl halides is 6. The zero-order chi connectivity index (χ0) is 39.8. The summed E-state index contributed by atoms with van der Waals surface area (Å²) in [5.41, 5.74) is -6.84. The summed E-state index contributed by atoms with van der Waals surface area (Å²) < 4.78 is 178. The molecule has 55 heavy (non-hydrogen) atoms. The Balaban J connectivity index is 1.22. The van der Waals surface area contributed by atoms with Gasteiger partial charge in [0, 0.05) is 0 Å². The second-order valence-electron chi connectivity index (χ2n) is 11.9. The Kier molecular flexibility index (Phi) is 10.3. The predicted octanol–water partition coefficient (Wildman–Crippen LogP) is 10.6. The van der Waals surface area contributed by atoms with Crippen molar-refractivity contribution in [2.75, 3.05) is 0 Å². The molecule has 0 aliphatic rings. The number of rotatable bonds is 10. The summed E-state index contributed by atoms with van der Waals surface area (Å²) in [5, 5.41) is 0. The number of sulfone groups is 2. The van der Waals surface area contributed by atoms with Crippen molar-refractivity contribution in [3.8, 4) is 23.0 Å². The van der Waals surface area contributed by atoms with Crippen molar-refractivity contribution in [1.29, 1.82) is 0 Å². The van der Waals surface area contributed by atoms with E-state index in [-0.39, 0.29) is 42.6 Å². The van der Waals surface area contributed by atoms with Crippen LogP contribution in [0.25, 0.3) is 0 Å². The van der Waals surface area contributed by atoms with Crippen LogP contribution in [0.3, 0.4) is 0 Å². The van der Waals surface area contributed by atoms with Crippen LogP contribution in [-0.2, 0) is 25.1 Å². The maximum atomic E-state index is 14.8. The molecule has 0 bridgehead atoms. The van der Waals surface area contributed by atoms with Gasteiger partial charge in [-0.05, 0) is 132 Å². The van der Waals surface area contributed by atoms with Crippen LogP contribution in [0.15, 0.2) is 165 Å². The highest BCUT2D eigenvalue weighted by Crippen LogP contribution is 2.56. The van der Waals surface area contributed by atoms with Gasteiger partial charge in [0.05, 0.1) is 19.6 Å². The Hall–Kier alpha value is -5.74. The van der Waals surface area contributed by atoms with Gasteiger partial charge in [-0.25, -0.2) is 25.6 Å². The fourth-order valence-corrected chi connectivity index (χ4v) is 8.20. The molecule has 6 aromatic carbocycles. The minimum Gasteiger partial charge on any atom is -0.457 e. The van der Waals surface area contributed by atoms with E-state index in [1.54, 1.807) is 0 Å². The molecule has 16 heteroatoms. The minimum atomic E-state index is -5.90. The molecule has 0 aliphatic heterocycles. The first-order valence-corrected chi connectivity index (χ1v) is 18.7. The standard InChI is InChI=1S/C39H24F8O6S2/c40-27-5-17-33(18-6-27)54(48,49)35-21-13-31(14-22-35)52-29-9-1-25(2-10-29)37(38(42,43)44,39(45,46)47)26-3-11-30(12-4-26)53-32-15-23-36(24-16-32)55(50,51)34-19-7-28(41)8-20-34/h1-24H. The van der Waals surface area contributed by atoms with Crippen molar-refractivity contribution < 1.29 is 61.4 Å². The van der Waals surface area contributed by atoms with Gasteiger partial charge in [0.2, 0.25) is 25.1 Å². The molecule has 6 rings (SSSR count). The predicted molar refractivity (Wildman–Crippen MR) is 183 cm³/mol. The molecule has 0 aromatic heterocycles. The molecule has 6 nitrogen and oxygen atoms in total. The van der Waals surface area contributed by atoms with Crippen LogP contribution >= 0.6 is 0 Å². The molecule has 0 aliphatic carbocycles. The summed E-state index contributed by atoms with van der Waals surface area (Å²) in [6.07, 6.45) is -11.8. The quantitative estimate of drug-likeness (QED) is 0.101. The SMILES string of the molecule is O=S(=O)(c1ccc(F)cc1)c1ccc(Oc2ccc(C(c3ccc(Oc4ccc(S(=O)(=O)c5ccc(F)cc5)cc4)cc3)(C(F)(F)F)C(F)(F)F)cc2)cc1. The third kappa shape index (κ3) is 7.64. The first kappa shape index (κ1) is 39.0. The van der Waals surface area contributed by atoms with Crippen molar-refractivity contribution in [2.45, 2.75) is 37.3 Å². The minimum absolute atomic E-state index is 0.0171. The number of hydrogen-bond acceptors (Lipinski definition) is 6. The highest BCUT2D eigenvalue weighted by atomic mass is 32.2. The molecule has 0 spiro atoms. The highest BCUT2D eigenvalue weighted by Gasteiger charge is 2.72.